The fraction of sp³-hybridized carbons (Fsp3) is 0.929. The molecular formula is C42H68O17S. The van der Waals surface area contributed by atoms with E-state index in [1.807, 2.05) is 6.92 Å². The van der Waals surface area contributed by atoms with Gasteiger partial charge in [-0.3, -0.25) is 9.35 Å². The van der Waals surface area contributed by atoms with Crippen LogP contribution >= 0.6 is 0 Å². The van der Waals surface area contributed by atoms with E-state index in [1.165, 1.54) is 0 Å². The van der Waals surface area contributed by atoms with Gasteiger partial charge in [-0.15, -0.1) is 0 Å². The molecule has 5 aliphatic carbocycles. The van der Waals surface area contributed by atoms with Gasteiger partial charge in [0, 0.05) is 5.92 Å². The summed E-state index contributed by atoms with van der Waals surface area (Å²) in [5, 5.41) is 85.1. The van der Waals surface area contributed by atoms with Crippen LogP contribution in [0.5, 0.6) is 0 Å². The maximum atomic E-state index is 14.7. The summed E-state index contributed by atoms with van der Waals surface area (Å²) in [4.78, 5) is 14.7. The molecule has 0 spiro atoms. The van der Waals surface area contributed by atoms with E-state index in [-0.39, 0.29) is 28.6 Å². The third-order valence-electron chi connectivity index (χ3n) is 17.8. The SMILES string of the molecule is CC1CCC2(C(=O)OC3OC(CO)C(O)C(O)C3O)CCC3(C)C(=CCC4C5(C)CCC(OC6OC(CO)C(O)C(O)C6OS(=O)(=O)O)C(C)(C)C5CCC43C)C2C1(C)O. The molecule has 2 heterocycles. The second-order valence-corrected chi connectivity index (χ2v) is 21.9. The lowest BCUT2D eigenvalue weighted by Crippen LogP contribution is -2.68. The molecule has 17 nitrogen and oxygen atoms in total. The normalized spacial score (nSPS) is 52.8. The zero-order chi connectivity index (χ0) is 44.3. The molecule has 7 aliphatic rings. The van der Waals surface area contributed by atoms with Gasteiger partial charge in [0.1, 0.15) is 42.7 Å². The van der Waals surface area contributed by atoms with E-state index in [0.717, 1.165) is 18.4 Å². The van der Waals surface area contributed by atoms with Crippen LogP contribution in [0.15, 0.2) is 11.6 Å². The predicted octanol–water partition coefficient (Wildman–Crippen LogP) is 1.11. The van der Waals surface area contributed by atoms with Crippen LogP contribution in [0.2, 0.25) is 0 Å². The molecule has 20 atom stereocenters. The molecule has 6 fully saturated rings. The molecule has 0 aromatic rings. The van der Waals surface area contributed by atoms with Crippen LogP contribution in [0.4, 0.5) is 0 Å². The molecule has 344 valence electrons. The van der Waals surface area contributed by atoms with E-state index in [0.29, 0.717) is 44.9 Å². The highest BCUT2D eigenvalue weighted by molar-refractivity contribution is 7.80. The van der Waals surface area contributed by atoms with E-state index in [2.05, 4.69) is 40.7 Å². The highest BCUT2D eigenvalue weighted by Gasteiger charge is 2.72. The topological polar surface area (TPSA) is 279 Å². The van der Waals surface area contributed by atoms with Crippen LogP contribution < -0.4 is 0 Å². The first-order valence-electron chi connectivity index (χ1n) is 21.6. The molecule has 60 heavy (non-hydrogen) atoms. The number of ether oxygens (including phenoxy) is 4. The Kier molecular flexibility index (Phi) is 12.2. The highest BCUT2D eigenvalue weighted by atomic mass is 32.3. The van der Waals surface area contributed by atoms with Gasteiger partial charge in [-0.1, -0.05) is 53.2 Å². The van der Waals surface area contributed by atoms with Gasteiger partial charge in [0.2, 0.25) is 6.29 Å². The maximum absolute atomic E-state index is 14.7. The van der Waals surface area contributed by atoms with Crippen LogP contribution in [0.1, 0.15) is 106 Å². The van der Waals surface area contributed by atoms with Crippen LogP contribution in [-0.2, 0) is 38.3 Å². The van der Waals surface area contributed by atoms with Crippen molar-refractivity contribution in [2.24, 2.45) is 50.7 Å². The quantitative estimate of drug-likeness (QED) is 0.0715. The first kappa shape index (κ1) is 46.6. The average molecular weight is 877 g/mol. The van der Waals surface area contributed by atoms with Crippen LogP contribution in [0.25, 0.3) is 0 Å². The van der Waals surface area contributed by atoms with Crippen molar-refractivity contribution in [2.75, 3.05) is 13.2 Å². The summed E-state index contributed by atoms with van der Waals surface area (Å²) in [5.41, 5.74) is -3.00. The Morgan fingerprint density at radius 1 is 0.783 bits per heavy atom. The fourth-order valence-corrected chi connectivity index (χ4v) is 14.5. The number of esters is 1. The molecule has 2 aliphatic heterocycles. The van der Waals surface area contributed by atoms with Crippen molar-refractivity contribution >= 4 is 16.4 Å². The van der Waals surface area contributed by atoms with E-state index in [9.17, 15) is 58.6 Å². The molecule has 0 radical (unpaired) electrons. The highest BCUT2D eigenvalue weighted by Crippen LogP contribution is 2.76. The number of aliphatic hydroxyl groups excluding tert-OH is 7. The molecule has 9 N–H and O–H groups in total. The lowest BCUT2D eigenvalue weighted by atomic mass is 9.33. The first-order chi connectivity index (χ1) is 27.7. The molecule has 7 rings (SSSR count). The summed E-state index contributed by atoms with van der Waals surface area (Å²) in [6, 6.07) is 0. The van der Waals surface area contributed by atoms with Gasteiger partial charge >= 0.3 is 16.4 Å². The summed E-state index contributed by atoms with van der Waals surface area (Å²) < 4.78 is 61.7. The molecule has 0 bridgehead atoms. The second-order valence-electron chi connectivity index (χ2n) is 20.8. The maximum Gasteiger partial charge on any atom is 0.397 e. The zero-order valence-electron chi connectivity index (χ0n) is 35.7. The minimum absolute atomic E-state index is 0.0862. The fourth-order valence-electron chi connectivity index (χ4n) is 14.0. The van der Waals surface area contributed by atoms with Crippen LogP contribution in [0.3, 0.4) is 0 Å². The Labute approximate surface area is 352 Å². The number of carbonyl (C=O) groups is 1. The van der Waals surface area contributed by atoms with Gasteiger partial charge < -0.3 is 59.8 Å². The van der Waals surface area contributed by atoms with E-state index in [4.69, 9.17) is 23.1 Å². The lowest BCUT2D eigenvalue weighted by Gasteiger charge is -2.72. The van der Waals surface area contributed by atoms with E-state index < -0.39 is 125 Å². The van der Waals surface area contributed by atoms with Crippen molar-refractivity contribution in [3.05, 3.63) is 11.6 Å². The van der Waals surface area contributed by atoms with E-state index in [1.54, 1.807) is 6.92 Å². The van der Waals surface area contributed by atoms with Gasteiger partial charge in [0.15, 0.2) is 12.4 Å². The number of carbonyl (C=O) groups excluding carboxylic acids is 1. The van der Waals surface area contributed by atoms with Gasteiger partial charge in [-0.2, -0.15) is 8.42 Å². The summed E-state index contributed by atoms with van der Waals surface area (Å²) in [6.07, 6.45) is -8.99. The predicted molar refractivity (Wildman–Crippen MR) is 209 cm³/mol. The third-order valence-corrected chi connectivity index (χ3v) is 18.3. The smallest absolute Gasteiger partial charge is 0.397 e. The summed E-state index contributed by atoms with van der Waals surface area (Å²) >= 11 is 0. The average Bonchev–Trinajstić information content (AvgIpc) is 3.16. The Bertz CT molecular complexity index is 1770. The number of fused-ring (bicyclic) bond motifs is 7. The molecular weight excluding hydrogens is 809 g/mol. The monoisotopic (exact) mass is 876 g/mol. The largest absolute Gasteiger partial charge is 0.432 e. The van der Waals surface area contributed by atoms with E-state index >= 15 is 0 Å². The summed E-state index contributed by atoms with van der Waals surface area (Å²) in [5.74, 6) is -1.22. The van der Waals surface area contributed by atoms with Crippen molar-refractivity contribution in [1.29, 1.82) is 0 Å². The number of hydrogen-bond acceptors (Lipinski definition) is 16. The number of allylic oxidation sites excluding steroid dienone is 1. The van der Waals surface area contributed by atoms with Crippen molar-refractivity contribution in [2.45, 2.75) is 179 Å². The van der Waals surface area contributed by atoms with Gasteiger partial charge in [0.25, 0.3) is 0 Å². The Morgan fingerprint density at radius 3 is 2.02 bits per heavy atom. The Balaban J connectivity index is 1.18. The van der Waals surface area contributed by atoms with Crippen molar-refractivity contribution in [1.82, 2.24) is 0 Å². The minimum Gasteiger partial charge on any atom is -0.432 e. The molecule has 20 unspecified atom stereocenters. The van der Waals surface area contributed by atoms with Gasteiger partial charge in [0.05, 0.1) is 30.3 Å². The zero-order valence-corrected chi connectivity index (χ0v) is 36.5. The third kappa shape index (κ3) is 6.97. The Hall–Kier alpha value is -1.36. The molecule has 0 amide bonds. The molecule has 4 saturated carbocycles. The van der Waals surface area contributed by atoms with Crippen molar-refractivity contribution in [3.8, 4) is 0 Å². The van der Waals surface area contributed by atoms with Crippen molar-refractivity contribution < 1.29 is 81.7 Å². The van der Waals surface area contributed by atoms with Gasteiger partial charge in [-0.05, 0) is 104 Å². The van der Waals surface area contributed by atoms with Gasteiger partial charge in [-0.25, -0.2) is 4.18 Å². The number of aliphatic hydroxyl groups is 8. The van der Waals surface area contributed by atoms with Crippen LogP contribution in [0, 0.1) is 50.7 Å². The summed E-state index contributed by atoms with van der Waals surface area (Å²) in [7, 11) is -5.10. The Morgan fingerprint density at radius 2 is 1.40 bits per heavy atom. The van der Waals surface area contributed by atoms with Crippen molar-refractivity contribution in [3.63, 3.8) is 0 Å². The second kappa shape index (κ2) is 15.7. The standard InChI is InChI=1S/C42H68O17S/c1-20-10-15-42(36(50)58-34-31(49)29(47)27(45)22(18-43)55-34)17-16-39(5)21(33(42)41(20,7)51)8-9-25-38(4)13-12-26(37(2,3)24(38)11-14-40(25,39)6)57-35-32(59-60(52,53)54)30(48)28(46)23(19-44)56-35/h8,20,22-35,43-49,51H,9-19H2,1-7H3,(H,52,53,54). The lowest BCUT2D eigenvalue weighted by molar-refractivity contribution is -0.326. The first-order valence-corrected chi connectivity index (χ1v) is 23.0. The number of rotatable bonds is 8. The van der Waals surface area contributed by atoms with Crippen LogP contribution in [-0.4, -0.2) is 146 Å². The minimum atomic E-state index is -5.10. The molecule has 2 saturated heterocycles. The molecule has 0 aromatic carbocycles. The molecule has 0 aromatic heterocycles. The summed E-state index contributed by atoms with van der Waals surface area (Å²) in [6.45, 7) is 13.6. The number of hydrogen-bond donors (Lipinski definition) is 9. The molecule has 18 heteroatoms.